The summed E-state index contributed by atoms with van der Waals surface area (Å²) in [5, 5.41) is 16.6. The van der Waals surface area contributed by atoms with Crippen LogP contribution in [0.4, 0.5) is 0 Å². The first kappa shape index (κ1) is 18.6. The molecule has 0 aromatic heterocycles. The van der Waals surface area contributed by atoms with Crippen LogP contribution in [-0.2, 0) is 11.2 Å². The molecule has 3 N–H and O–H groups in total. The van der Waals surface area contributed by atoms with Crippen molar-refractivity contribution >= 4 is 5.91 Å². The maximum Gasteiger partial charge on any atom is 0.216 e. The summed E-state index contributed by atoms with van der Waals surface area (Å²) in [7, 11) is 0. The molecule has 1 aliphatic heterocycles. The molecular weight excluding hydrogens is 324 g/mol. The van der Waals surface area contributed by atoms with Crippen molar-refractivity contribution in [3.8, 4) is 11.1 Å². The Bertz CT molecular complexity index is 772. The van der Waals surface area contributed by atoms with Crippen LogP contribution in [0.2, 0.25) is 0 Å². The minimum absolute atomic E-state index is 0.00216. The normalized spacial score (nSPS) is 20.0. The molecule has 1 heterocycles. The molecule has 0 saturated carbocycles. The molecule has 3 rings (SSSR count). The second-order valence-corrected chi connectivity index (χ2v) is 7.13. The summed E-state index contributed by atoms with van der Waals surface area (Å²) in [5.41, 5.74) is 6.06. The first-order chi connectivity index (χ1) is 12.6. The molecule has 138 valence electrons. The van der Waals surface area contributed by atoms with Gasteiger partial charge in [0.15, 0.2) is 0 Å². The molecule has 0 aliphatic carbocycles. The van der Waals surface area contributed by atoms with E-state index >= 15 is 0 Å². The molecule has 2 atom stereocenters. The lowest BCUT2D eigenvalue weighted by Crippen LogP contribution is -2.38. The van der Waals surface area contributed by atoms with E-state index in [9.17, 15) is 9.90 Å². The Balaban J connectivity index is 1.84. The molecule has 1 amide bonds. The molecule has 1 aliphatic rings. The van der Waals surface area contributed by atoms with Crippen LogP contribution in [0.15, 0.2) is 42.5 Å². The SMILES string of the molecule is CC(=O)NCCc1ccccc1-c1ccc([C@H]2CNCC[C@H]2O)c(C)c1. The van der Waals surface area contributed by atoms with Crippen LogP contribution in [0.25, 0.3) is 11.1 Å². The first-order valence-corrected chi connectivity index (χ1v) is 9.38. The molecular formula is C22H28N2O2. The van der Waals surface area contributed by atoms with Crippen LogP contribution in [0.3, 0.4) is 0 Å². The highest BCUT2D eigenvalue weighted by Crippen LogP contribution is 2.31. The topological polar surface area (TPSA) is 61.4 Å². The molecule has 1 saturated heterocycles. The maximum absolute atomic E-state index is 11.1. The minimum atomic E-state index is -0.272. The lowest BCUT2D eigenvalue weighted by atomic mass is 9.85. The number of hydrogen-bond donors (Lipinski definition) is 3. The Hall–Kier alpha value is -2.17. The lowest BCUT2D eigenvalue weighted by Gasteiger charge is -2.30. The largest absolute Gasteiger partial charge is 0.392 e. The second-order valence-electron chi connectivity index (χ2n) is 7.13. The zero-order valence-corrected chi connectivity index (χ0v) is 15.6. The number of nitrogens with one attached hydrogen (secondary N) is 2. The van der Waals surface area contributed by atoms with E-state index in [2.05, 4.69) is 54.0 Å². The van der Waals surface area contributed by atoms with Gasteiger partial charge in [-0.3, -0.25) is 4.79 Å². The summed E-state index contributed by atoms with van der Waals surface area (Å²) < 4.78 is 0. The van der Waals surface area contributed by atoms with Crippen molar-refractivity contribution in [2.45, 2.75) is 38.7 Å². The summed E-state index contributed by atoms with van der Waals surface area (Å²) >= 11 is 0. The number of aliphatic hydroxyl groups is 1. The summed E-state index contributed by atoms with van der Waals surface area (Å²) in [6.07, 6.45) is 1.34. The average molecular weight is 352 g/mol. The van der Waals surface area contributed by atoms with Crippen molar-refractivity contribution in [3.63, 3.8) is 0 Å². The molecule has 2 aromatic carbocycles. The number of amides is 1. The minimum Gasteiger partial charge on any atom is -0.392 e. The van der Waals surface area contributed by atoms with Gasteiger partial charge in [0.25, 0.3) is 0 Å². The number of benzene rings is 2. The molecule has 4 heteroatoms. The van der Waals surface area contributed by atoms with Crippen molar-refractivity contribution in [2.75, 3.05) is 19.6 Å². The zero-order valence-electron chi connectivity index (χ0n) is 15.6. The Morgan fingerprint density at radius 3 is 2.81 bits per heavy atom. The molecule has 0 radical (unpaired) electrons. The van der Waals surface area contributed by atoms with Gasteiger partial charge in [-0.2, -0.15) is 0 Å². The Labute approximate surface area is 155 Å². The smallest absolute Gasteiger partial charge is 0.216 e. The van der Waals surface area contributed by atoms with Crippen molar-refractivity contribution in [2.24, 2.45) is 0 Å². The first-order valence-electron chi connectivity index (χ1n) is 9.38. The van der Waals surface area contributed by atoms with Gasteiger partial charge >= 0.3 is 0 Å². The third-order valence-corrected chi connectivity index (χ3v) is 5.21. The number of hydrogen-bond acceptors (Lipinski definition) is 3. The van der Waals surface area contributed by atoms with Gasteiger partial charge in [-0.25, -0.2) is 0 Å². The van der Waals surface area contributed by atoms with Gasteiger partial charge in [-0.15, -0.1) is 0 Å². The van der Waals surface area contributed by atoms with E-state index in [1.807, 2.05) is 6.07 Å². The van der Waals surface area contributed by atoms with Gasteiger partial charge in [0.2, 0.25) is 5.91 Å². The molecule has 0 unspecified atom stereocenters. The number of carbonyl (C=O) groups excluding carboxylic acids is 1. The second kappa shape index (κ2) is 8.47. The van der Waals surface area contributed by atoms with E-state index in [0.717, 1.165) is 25.9 Å². The molecule has 0 spiro atoms. The van der Waals surface area contributed by atoms with E-state index in [-0.39, 0.29) is 17.9 Å². The van der Waals surface area contributed by atoms with Gasteiger partial charge in [0, 0.05) is 25.9 Å². The summed E-state index contributed by atoms with van der Waals surface area (Å²) in [4.78, 5) is 11.1. The van der Waals surface area contributed by atoms with Crippen LogP contribution in [0.1, 0.15) is 36.0 Å². The average Bonchev–Trinajstić information content (AvgIpc) is 2.62. The number of rotatable bonds is 5. The van der Waals surface area contributed by atoms with Crippen LogP contribution >= 0.6 is 0 Å². The zero-order chi connectivity index (χ0) is 18.5. The predicted molar refractivity (Wildman–Crippen MR) is 105 cm³/mol. The fraction of sp³-hybridized carbons (Fsp3) is 0.409. The van der Waals surface area contributed by atoms with Crippen molar-refractivity contribution in [3.05, 3.63) is 59.2 Å². The quantitative estimate of drug-likeness (QED) is 0.775. The van der Waals surface area contributed by atoms with Crippen LogP contribution in [0, 0.1) is 6.92 Å². The van der Waals surface area contributed by atoms with Crippen LogP contribution in [-0.4, -0.2) is 36.8 Å². The summed E-state index contributed by atoms with van der Waals surface area (Å²) in [5.74, 6) is 0.162. The third-order valence-electron chi connectivity index (χ3n) is 5.21. The van der Waals surface area contributed by atoms with E-state index < -0.39 is 0 Å². The predicted octanol–water partition coefficient (Wildman–Crippen LogP) is 2.78. The van der Waals surface area contributed by atoms with Crippen molar-refractivity contribution < 1.29 is 9.90 Å². The maximum atomic E-state index is 11.1. The molecule has 0 bridgehead atoms. The molecule has 1 fully saturated rings. The summed E-state index contributed by atoms with van der Waals surface area (Å²) in [6.45, 7) is 6.02. The molecule has 2 aromatic rings. The van der Waals surface area contributed by atoms with Gasteiger partial charge in [-0.05, 0) is 54.1 Å². The Kier molecular flexibility index (Phi) is 6.07. The van der Waals surface area contributed by atoms with Crippen molar-refractivity contribution in [1.29, 1.82) is 0 Å². The number of aryl methyl sites for hydroxylation is 1. The fourth-order valence-corrected chi connectivity index (χ4v) is 3.81. The van der Waals surface area contributed by atoms with Gasteiger partial charge in [0.1, 0.15) is 0 Å². The van der Waals surface area contributed by atoms with E-state index in [1.54, 1.807) is 6.92 Å². The standard InChI is InChI=1S/C22H28N2O2/c1-15-13-18(7-8-19(15)21-14-23-11-10-22(21)26)20-6-4-3-5-17(20)9-12-24-16(2)25/h3-8,13,21-23,26H,9-12,14H2,1-2H3,(H,24,25)/t21-,22-/m1/s1. The number of aliphatic hydroxyl groups excluding tert-OH is 1. The van der Waals surface area contributed by atoms with Gasteiger partial charge in [0.05, 0.1) is 6.10 Å². The van der Waals surface area contributed by atoms with Crippen LogP contribution in [0.5, 0.6) is 0 Å². The van der Waals surface area contributed by atoms with Gasteiger partial charge < -0.3 is 15.7 Å². The van der Waals surface area contributed by atoms with E-state index in [4.69, 9.17) is 0 Å². The monoisotopic (exact) mass is 352 g/mol. The Morgan fingerprint density at radius 2 is 2.08 bits per heavy atom. The fourth-order valence-electron chi connectivity index (χ4n) is 3.81. The Morgan fingerprint density at radius 1 is 1.27 bits per heavy atom. The highest BCUT2D eigenvalue weighted by Gasteiger charge is 2.25. The number of piperidine rings is 1. The van der Waals surface area contributed by atoms with Crippen molar-refractivity contribution in [1.82, 2.24) is 10.6 Å². The van der Waals surface area contributed by atoms with E-state index in [0.29, 0.717) is 6.54 Å². The molecule has 4 nitrogen and oxygen atoms in total. The third kappa shape index (κ3) is 4.32. The highest BCUT2D eigenvalue weighted by molar-refractivity contribution is 5.73. The number of carbonyl (C=O) groups is 1. The lowest BCUT2D eigenvalue weighted by molar-refractivity contribution is -0.118. The highest BCUT2D eigenvalue weighted by atomic mass is 16.3. The van der Waals surface area contributed by atoms with E-state index in [1.165, 1.54) is 27.8 Å². The molecule has 26 heavy (non-hydrogen) atoms. The van der Waals surface area contributed by atoms with Gasteiger partial charge in [-0.1, -0.05) is 42.5 Å². The summed E-state index contributed by atoms with van der Waals surface area (Å²) in [6, 6.07) is 14.9. The van der Waals surface area contributed by atoms with Crippen LogP contribution < -0.4 is 10.6 Å².